The van der Waals surface area contributed by atoms with Crippen molar-refractivity contribution in [2.75, 3.05) is 5.32 Å². The number of nitrogens with two attached hydrogens (primary N) is 1. The van der Waals surface area contributed by atoms with Gasteiger partial charge in [0, 0.05) is 17.8 Å². The summed E-state index contributed by atoms with van der Waals surface area (Å²) in [6, 6.07) is 15.7. The molecule has 2 aromatic rings. The molecule has 0 fully saturated rings. The number of nitrogens with one attached hydrogen (secondary N) is 1. The average Bonchev–Trinajstić information content (AvgIpc) is 2.45. The van der Waals surface area contributed by atoms with Crippen molar-refractivity contribution in [1.82, 2.24) is 0 Å². The van der Waals surface area contributed by atoms with Gasteiger partial charge in [-0.1, -0.05) is 51.1 Å². The Bertz CT molecular complexity index is 624. The van der Waals surface area contributed by atoms with Crippen molar-refractivity contribution >= 4 is 11.6 Å². The van der Waals surface area contributed by atoms with Gasteiger partial charge < -0.3 is 11.1 Å². The number of carbonyl (C=O) groups is 1. The molecule has 0 bridgehead atoms. The van der Waals surface area contributed by atoms with E-state index in [-0.39, 0.29) is 5.41 Å². The summed E-state index contributed by atoms with van der Waals surface area (Å²) in [5.74, 6) is -0.396. The highest BCUT2D eigenvalue weighted by Gasteiger charge is 2.17. The second-order valence-corrected chi connectivity index (χ2v) is 6.21. The molecule has 110 valence electrons. The summed E-state index contributed by atoms with van der Waals surface area (Å²) in [6.07, 6.45) is 0. The minimum atomic E-state index is -0.396. The number of carbonyl (C=O) groups excluding carboxylic acids is 1. The van der Waals surface area contributed by atoms with Crippen LogP contribution in [0.5, 0.6) is 0 Å². The van der Waals surface area contributed by atoms with Gasteiger partial charge in [0.05, 0.1) is 0 Å². The van der Waals surface area contributed by atoms with Crippen molar-refractivity contribution in [3.8, 4) is 0 Å². The Morgan fingerprint density at radius 1 is 1.05 bits per heavy atom. The SMILES string of the molecule is CC(C)(C)c1ccccc1NCc1ccc(C(N)=O)cc1. The topological polar surface area (TPSA) is 55.1 Å². The van der Waals surface area contributed by atoms with Crippen LogP contribution in [0.15, 0.2) is 48.5 Å². The summed E-state index contributed by atoms with van der Waals surface area (Å²) >= 11 is 0. The molecule has 2 rings (SSSR count). The number of benzene rings is 2. The summed E-state index contributed by atoms with van der Waals surface area (Å²) in [5.41, 5.74) is 9.42. The first-order valence-corrected chi connectivity index (χ1v) is 7.10. The zero-order valence-corrected chi connectivity index (χ0v) is 12.8. The van der Waals surface area contributed by atoms with E-state index < -0.39 is 5.91 Å². The third-order valence-electron chi connectivity index (χ3n) is 3.46. The predicted molar refractivity (Wildman–Crippen MR) is 87.4 cm³/mol. The average molecular weight is 282 g/mol. The first-order chi connectivity index (χ1) is 9.88. The normalized spacial score (nSPS) is 11.2. The molecule has 0 atom stereocenters. The molecular formula is C18H22N2O. The highest BCUT2D eigenvalue weighted by atomic mass is 16.1. The smallest absolute Gasteiger partial charge is 0.248 e. The van der Waals surface area contributed by atoms with Gasteiger partial charge in [-0.15, -0.1) is 0 Å². The van der Waals surface area contributed by atoms with E-state index in [2.05, 4.69) is 44.3 Å². The third kappa shape index (κ3) is 3.85. The van der Waals surface area contributed by atoms with Gasteiger partial charge in [-0.3, -0.25) is 4.79 Å². The lowest BCUT2D eigenvalue weighted by atomic mass is 9.86. The number of hydrogen-bond donors (Lipinski definition) is 2. The van der Waals surface area contributed by atoms with E-state index in [0.29, 0.717) is 12.1 Å². The van der Waals surface area contributed by atoms with E-state index in [1.165, 1.54) is 5.56 Å². The lowest BCUT2D eigenvalue weighted by Crippen LogP contribution is -2.15. The molecule has 0 aromatic heterocycles. The molecule has 0 spiro atoms. The monoisotopic (exact) mass is 282 g/mol. The van der Waals surface area contributed by atoms with Gasteiger partial charge >= 0.3 is 0 Å². The number of rotatable bonds is 4. The van der Waals surface area contributed by atoms with Gasteiger partial charge in [0.2, 0.25) is 5.91 Å². The zero-order chi connectivity index (χ0) is 15.5. The van der Waals surface area contributed by atoms with Gasteiger partial charge in [-0.05, 0) is 34.7 Å². The molecule has 3 N–H and O–H groups in total. The maximum absolute atomic E-state index is 11.1. The Morgan fingerprint density at radius 2 is 1.67 bits per heavy atom. The highest BCUT2D eigenvalue weighted by molar-refractivity contribution is 5.92. The first-order valence-electron chi connectivity index (χ1n) is 7.10. The molecule has 0 unspecified atom stereocenters. The second-order valence-electron chi connectivity index (χ2n) is 6.21. The van der Waals surface area contributed by atoms with Crippen LogP contribution in [0.25, 0.3) is 0 Å². The van der Waals surface area contributed by atoms with Crippen molar-refractivity contribution in [3.63, 3.8) is 0 Å². The number of anilines is 1. The minimum absolute atomic E-state index is 0.0966. The Morgan fingerprint density at radius 3 is 2.24 bits per heavy atom. The van der Waals surface area contributed by atoms with Crippen LogP contribution in [0.3, 0.4) is 0 Å². The van der Waals surface area contributed by atoms with Crippen molar-refractivity contribution in [2.45, 2.75) is 32.7 Å². The minimum Gasteiger partial charge on any atom is -0.381 e. The van der Waals surface area contributed by atoms with Crippen LogP contribution in [0, 0.1) is 0 Å². The summed E-state index contributed by atoms with van der Waals surface area (Å²) in [7, 11) is 0. The highest BCUT2D eigenvalue weighted by Crippen LogP contribution is 2.29. The summed E-state index contributed by atoms with van der Waals surface area (Å²) in [6.45, 7) is 7.33. The van der Waals surface area contributed by atoms with Gasteiger partial charge in [0.1, 0.15) is 0 Å². The van der Waals surface area contributed by atoms with Crippen molar-refractivity contribution in [2.24, 2.45) is 5.73 Å². The van der Waals surface area contributed by atoms with Crippen LogP contribution in [-0.2, 0) is 12.0 Å². The molecule has 3 heteroatoms. The van der Waals surface area contributed by atoms with E-state index in [9.17, 15) is 4.79 Å². The molecule has 21 heavy (non-hydrogen) atoms. The van der Waals surface area contributed by atoms with Crippen LogP contribution in [-0.4, -0.2) is 5.91 Å². The molecular weight excluding hydrogens is 260 g/mol. The zero-order valence-electron chi connectivity index (χ0n) is 12.8. The molecule has 0 aliphatic carbocycles. The van der Waals surface area contributed by atoms with Crippen LogP contribution in [0.4, 0.5) is 5.69 Å². The van der Waals surface area contributed by atoms with Crippen LogP contribution >= 0.6 is 0 Å². The van der Waals surface area contributed by atoms with Crippen molar-refractivity contribution in [3.05, 3.63) is 65.2 Å². The fraction of sp³-hybridized carbons (Fsp3) is 0.278. The summed E-state index contributed by atoms with van der Waals surface area (Å²) in [4.78, 5) is 11.1. The number of hydrogen-bond acceptors (Lipinski definition) is 2. The molecule has 1 amide bonds. The molecule has 0 saturated heterocycles. The number of primary amides is 1. The van der Waals surface area contributed by atoms with Gasteiger partial charge in [0.25, 0.3) is 0 Å². The lowest BCUT2D eigenvalue weighted by molar-refractivity contribution is 0.100. The van der Waals surface area contributed by atoms with E-state index in [4.69, 9.17) is 5.73 Å². The lowest BCUT2D eigenvalue weighted by Gasteiger charge is -2.23. The van der Waals surface area contributed by atoms with Crippen LogP contribution in [0.1, 0.15) is 42.3 Å². The largest absolute Gasteiger partial charge is 0.381 e. The second kappa shape index (κ2) is 6.00. The maximum Gasteiger partial charge on any atom is 0.248 e. The van der Waals surface area contributed by atoms with Gasteiger partial charge in [0.15, 0.2) is 0 Å². The van der Waals surface area contributed by atoms with E-state index >= 15 is 0 Å². The predicted octanol–water partition coefficient (Wildman–Crippen LogP) is 3.70. The fourth-order valence-electron chi connectivity index (χ4n) is 2.28. The van der Waals surface area contributed by atoms with E-state index in [1.807, 2.05) is 18.2 Å². The Hall–Kier alpha value is -2.29. The van der Waals surface area contributed by atoms with Crippen LogP contribution < -0.4 is 11.1 Å². The Labute approximate surface area is 126 Å². The standard InChI is InChI=1S/C18H22N2O/c1-18(2,3)15-6-4-5-7-16(15)20-12-13-8-10-14(11-9-13)17(19)21/h4-11,20H,12H2,1-3H3,(H2,19,21). The summed E-state index contributed by atoms with van der Waals surface area (Å²) in [5, 5.41) is 3.47. The van der Waals surface area contributed by atoms with Crippen LogP contribution in [0.2, 0.25) is 0 Å². The Balaban J connectivity index is 2.12. The molecule has 0 heterocycles. The Kier molecular flexibility index (Phi) is 4.32. The summed E-state index contributed by atoms with van der Waals surface area (Å²) < 4.78 is 0. The molecule has 3 nitrogen and oxygen atoms in total. The quantitative estimate of drug-likeness (QED) is 0.898. The molecule has 0 radical (unpaired) electrons. The molecule has 0 aliphatic heterocycles. The van der Waals surface area contributed by atoms with Gasteiger partial charge in [-0.2, -0.15) is 0 Å². The molecule has 0 saturated carbocycles. The molecule has 0 aliphatic rings. The number of para-hydroxylation sites is 1. The van der Waals surface area contributed by atoms with E-state index in [0.717, 1.165) is 11.3 Å². The fourth-order valence-corrected chi connectivity index (χ4v) is 2.28. The maximum atomic E-state index is 11.1. The van der Waals surface area contributed by atoms with Gasteiger partial charge in [-0.25, -0.2) is 0 Å². The third-order valence-corrected chi connectivity index (χ3v) is 3.46. The first kappa shape index (κ1) is 15.1. The van der Waals surface area contributed by atoms with Crippen molar-refractivity contribution in [1.29, 1.82) is 0 Å². The number of amides is 1. The van der Waals surface area contributed by atoms with E-state index in [1.54, 1.807) is 12.1 Å². The van der Waals surface area contributed by atoms with Crippen molar-refractivity contribution < 1.29 is 4.79 Å². The molecule has 2 aromatic carbocycles.